The molecule has 0 saturated heterocycles. The third-order valence-electron chi connectivity index (χ3n) is 1.85. The maximum atomic E-state index is 10.6. The molecule has 2 unspecified atom stereocenters. The minimum atomic E-state index is -0.815. The Morgan fingerprint density at radius 3 is 2.85 bits per heavy atom. The number of carbonyl (C=O) groups is 1. The largest absolute Gasteiger partial charge is 0.481 e. The third-order valence-corrected chi connectivity index (χ3v) is 2.47. The van der Waals surface area contributed by atoms with Crippen LogP contribution in [0.4, 0.5) is 5.13 Å². The first kappa shape index (κ1) is 9.91. The first-order chi connectivity index (χ1) is 6.11. The Hall–Kier alpha value is -1.17. The van der Waals surface area contributed by atoms with Crippen LogP contribution < -0.4 is 5.32 Å². The van der Waals surface area contributed by atoms with Crippen molar-refractivity contribution in [3.8, 4) is 0 Å². The van der Waals surface area contributed by atoms with Crippen LogP contribution in [-0.2, 0) is 4.79 Å². The molecule has 1 heterocycles. The van der Waals surface area contributed by atoms with Crippen molar-refractivity contribution in [2.45, 2.75) is 19.9 Å². The molecule has 0 bridgehead atoms. The second-order valence-corrected chi connectivity index (χ2v) is 3.64. The highest BCUT2D eigenvalue weighted by molar-refractivity contribution is 7.13. The number of anilines is 1. The molecule has 0 aliphatic rings. The average Bonchev–Trinajstić information content (AvgIpc) is 2.55. The van der Waals surface area contributed by atoms with Gasteiger partial charge in [0.15, 0.2) is 0 Å². The number of aliphatic carboxylic acids is 1. The van der Waals surface area contributed by atoms with Gasteiger partial charge in [0.1, 0.15) is 5.51 Å². The van der Waals surface area contributed by atoms with Crippen LogP contribution >= 0.6 is 11.3 Å². The number of nitrogens with one attached hydrogen (secondary N) is 1. The van der Waals surface area contributed by atoms with Crippen LogP contribution in [-0.4, -0.2) is 27.3 Å². The number of hydrogen-bond acceptors (Lipinski definition) is 5. The molecular weight excluding hydrogens is 190 g/mol. The molecule has 0 aliphatic heterocycles. The fourth-order valence-electron chi connectivity index (χ4n) is 0.770. The Bertz CT molecular complexity index is 275. The zero-order valence-electron chi connectivity index (χ0n) is 7.39. The van der Waals surface area contributed by atoms with E-state index in [0.717, 1.165) is 0 Å². The fourth-order valence-corrected chi connectivity index (χ4v) is 1.31. The summed E-state index contributed by atoms with van der Waals surface area (Å²) in [6.45, 7) is 3.46. The summed E-state index contributed by atoms with van der Waals surface area (Å²) >= 11 is 1.35. The molecule has 72 valence electrons. The van der Waals surface area contributed by atoms with Gasteiger partial charge in [-0.3, -0.25) is 4.79 Å². The predicted molar refractivity (Wildman–Crippen MR) is 49.8 cm³/mol. The van der Waals surface area contributed by atoms with E-state index in [0.29, 0.717) is 5.13 Å². The molecule has 0 amide bonds. The molecule has 0 radical (unpaired) electrons. The van der Waals surface area contributed by atoms with Crippen LogP contribution in [0.15, 0.2) is 5.51 Å². The second-order valence-electron chi connectivity index (χ2n) is 2.80. The maximum absolute atomic E-state index is 10.6. The molecule has 1 aromatic rings. The maximum Gasteiger partial charge on any atom is 0.308 e. The van der Waals surface area contributed by atoms with Crippen molar-refractivity contribution in [1.82, 2.24) is 10.2 Å². The molecule has 0 fully saturated rings. The zero-order valence-corrected chi connectivity index (χ0v) is 8.21. The third kappa shape index (κ3) is 2.66. The summed E-state index contributed by atoms with van der Waals surface area (Å²) in [6, 6.07) is -0.148. The minimum Gasteiger partial charge on any atom is -0.481 e. The normalized spacial score (nSPS) is 14.9. The van der Waals surface area contributed by atoms with Crippen molar-refractivity contribution in [1.29, 1.82) is 0 Å². The predicted octanol–water partition coefficient (Wildman–Crippen LogP) is 1.06. The van der Waals surface area contributed by atoms with Crippen LogP contribution in [0.5, 0.6) is 0 Å². The van der Waals surface area contributed by atoms with E-state index in [1.165, 1.54) is 11.3 Å². The number of aromatic nitrogens is 2. The Labute approximate surface area is 79.8 Å². The number of nitrogens with zero attached hydrogens (tertiary/aromatic N) is 2. The summed E-state index contributed by atoms with van der Waals surface area (Å²) in [5.41, 5.74) is 1.60. The van der Waals surface area contributed by atoms with Crippen LogP contribution in [0.2, 0.25) is 0 Å². The van der Waals surface area contributed by atoms with Gasteiger partial charge in [0, 0.05) is 6.04 Å². The number of carboxylic acids is 1. The van der Waals surface area contributed by atoms with E-state index in [9.17, 15) is 4.79 Å². The Morgan fingerprint density at radius 2 is 2.38 bits per heavy atom. The quantitative estimate of drug-likeness (QED) is 0.761. The average molecular weight is 201 g/mol. The van der Waals surface area contributed by atoms with Crippen molar-refractivity contribution >= 4 is 22.4 Å². The Balaban J connectivity index is 2.50. The summed E-state index contributed by atoms with van der Waals surface area (Å²) in [5.74, 6) is -1.26. The highest BCUT2D eigenvalue weighted by Crippen LogP contribution is 2.13. The van der Waals surface area contributed by atoms with Gasteiger partial charge in [-0.2, -0.15) is 0 Å². The molecule has 6 heteroatoms. The van der Waals surface area contributed by atoms with Crippen LogP contribution in [0.25, 0.3) is 0 Å². The van der Waals surface area contributed by atoms with E-state index in [4.69, 9.17) is 5.11 Å². The van der Waals surface area contributed by atoms with Gasteiger partial charge in [-0.25, -0.2) is 0 Å². The van der Waals surface area contributed by atoms with Gasteiger partial charge in [-0.05, 0) is 13.8 Å². The lowest BCUT2D eigenvalue weighted by molar-refractivity contribution is -0.141. The monoisotopic (exact) mass is 201 g/mol. The lowest BCUT2D eigenvalue weighted by Crippen LogP contribution is -2.29. The lowest BCUT2D eigenvalue weighted by atomic mass is 10.1. The standard InChI is InChI=1S/C7H11N3O2S/c1-4(6(11)12)5(2)9-7-10-8-3-13-7/h3-5H,1-2H3,(H,9,10)(H,11,12). The van der Waals surface area contributed by atoms with Crippen LogP contribution in [0, 0.1) is 5.92 Å². The molecular formula is C7H11N3O2S. The number of hydrogen-bond donors (Lipinski definition) is 2. The first-order valence-electron chi connectivity index (χ1n) is 3.86. The summed E-state index contributed by atoms with van der Waals surface area (Å²) in [7, 11) is 0. The molecule has 0 aromatic carbocycles. The van der Waals surface area contributed by atoms with Crippen molar-refractivity contribution in [3.05, 3.63) is 5.51 Å². The van der Waals surface area contributed by atoms with Gasteiger partial charge in [0.25, 0.3) is 0 Å². The molecule has 2 atom stereocenters. The summed E-state index contributed by atoms with van der Waals surface area (Å²) < 4.78 is 0. The summed E-state index contributed by atoms with van der Waals surface area (Å²) in [4.78, 5) is 10.6. The molecule has 0 saturated carbocycles. The SMILES string of the molecule is CC(Nc1nncs1)C(C)C(=O)O. The number of rotatable bonds is 4. The van der Waals surface area contributed by atoms with Gasteiger partial charge in [-0.1, -0.05) is 11.3 Å². The molecule has 2 N–H and O–H groups in total. The zero-order chi connectivity index (χ0) is 9.84. The second kappa shape index (κ2) is 4.18. The van der Waals surface area contributed by atoms with Crippen LogP contribution in [0.1, 0.15) is 13.8 Å². The fraction of sp³-hybridized carbons (Fsp3) is 0.571. The Morgan fingerprint density at radius 1 is 1.69 bits per heavy atom. The van der Waals surface area contributed by atoms with Crippen LogP contribution in [0.3, 0.4) is 0 Å². The van der Waals surface area contributed by atoms with Gasteiger partial charge >= 0.3 is 5.97 Å². The van der Waals surface area contributed by atoms with Crippen molar-refractivity contribution in [3.63, 3.8) is 0 Å². The van der Waals surface area contributed by atoms with E-state index in [-0.39, 0.29) is 6.04 Å². The first-order valence-corrected chi connectivity index (χ1v) is 4.74. The Kier molecular flexibility index (Phi) is 3.18. The van der Waals surface area contributed by atoms with E-state index >= 15 is 0 Å². The van der Waals surface area contributed by atoms with E-state index in [2.05, 4.69) is 15.5 Å². The van der Waals surface area contributed by atoms with Gasteiger partial charge in [0.05, 0.1) is 5.92 Å². The number of carboxylic acid groups (broad SMARTS) is 1. The highest BCUT2D eigenvalue weighted by Gasteiger charge is 2.19. The van der Waals surface area contributed by atoms with Gasteiger partial charge in [0.2, 0.25) is 5.13 Å². The molecule has 1 aromatic heterocycles. The smallest absolute Gasteiger partial charge is 0.308 e. The molecule has 13 heavy (non-hydrogen) atoms. The summed E-state index contributed by atoms with van der Waals surface area (Å²) in [6.07, 6.45) is 0. The lowest BCUT2D eigenvalue weighted by Gasteiger charge is -2.16. The van der Waals surface area contributed by atoms with Crippen molar-refractivity contribution < 1.29 is 9.90 Å². The van der Waals surface area contributed by atoms with Crippen molar-refractivity contribution in [2.24, 2.45) is 5.92 Å². The van der Waals surface area contributed by atoms with E-state index in [1.807, 2.05) is 0 Å². The van der Waals surface area contributed by atoms with E-state index in [1.54, 1.807) is 19.4 Å². The van der Waals surface area contributed by atoms with E-state index < -0.39 is 11.9 Å². The molecule has 1 rings (SSSR count). The molecule has 0 aliphatic carbocycles. The minimum absolute atomic E-state index is 0.148. The summed E-state index contributed by atoms with van der Waals surface area (Å²) in [5, 5.41) is 19.7. The van der Waals surface area contributed by atoms with Gasteiger partial charge < -0.3 is 10.4 Å². The molecule has 0 spiro atoms. The van der Waals surface area contributed by atoms with Crippen molar-refractivity contribution in [2.75, 3.05) is 5.32 Å². The molecule has 5 nitrogen and oxygen atoms in total. The van der Waals surface area contributed by atoms with Gasteiger partial charge in [-0.15, -0.1) is 10.2 Å². The topological polar surface area (TPSA) is 75.1 Å². The highest BCUT2D eigenvalue weighted by atomic mass is 32.1.